The van der Waals surface area contributed by atoms with E-state index < -0.39 is 0 Å². The van der Waals surface area contributed by atoms with E-state index in [1.807, 2.05) is 11.9 Å². The largest absolute Gasteiger partial charge is 0.381 e. The summed E-state index contributed by atoms with van der Waals surface area (Å²) in [6.07, 6.45) is 5.71. The minimum absolute atomic E-state index is 0.244. The van der Waals surface area contributed by atoms with Gasteiger partial charge in [-0.15, -0.1) is 0 Å². The third-order valence-corrected chi connectivity index (χ3v) is 4.87. The molecular weight excluding hydrogens is 228 g/mol. The van der Waals surface area contributed by atoms with E-state index in [0.717, 1.165) is 39.0 Å². The van der Waals surface area contributed by atoms with Crippen LogP contribution in [-0.4, -0.2) is 49.7 Å². The minimum Gasteiger partial charge on any atom is -0.381 e. The van der Waals surface area contributed by atoms with Crippen molar-refractivity contribution < 1.29 is 9.53 Å². The number of ether oxygens (including phenoxy) is 1. The lowest BCUT2D eigenvalue weighted by molar-refractivity contribution is -0.135. The number of carbonyl (C=O) groups is 1. The van der Waals surface area contributed by atoms with Crippen LogP contribution in [0.3, 0.4) is 0 Å². The van der Waals surface area contributed by atoms with E-state index in [1.165, 1.54) is 12.8 Å². The quantitative estimate of drug-likeness (QED) is 0.815. The zero-order valence-electron chi connectivity index (χ0n) is 11.2. The summed E-state index contributed by atoms with van der Waals surface area (Å²) in [6, 6.07) is 1.07. The first-order valence-corrected chi connectivity index (χ1v) is 7.33. The Hall–Kier alpha value is -0.610. The molecule has 102 valence electrons. The van der Waals surface area contributed by atoms with Gasteiger partial charge in [0.25, 0.3) is 0 Å². The fourth-order valence-electron chi connectivity index (χ4n) is 3.79. The van der Waals surface area contributed by atoms with Crippen molar-refractivity contribution in [2.24, 2.45) is 11.8 Å². The molecule has 0 radical (unpaired) electrons. The zero-order valence-corrected chi connectivity index (χ0v) is 11.2. The molecule has 1 amide bonds. The molecule has 3 atom stereocenters. The lowest BCUT2D eigenvalue weighted by Crippen LogP contribution is -2.41. The van der Waals surface area contributed by atoms with Crippen molar-refractivity contribution in [3.05, 3.63) is 0 Å². The molecule has 0 aromatic heterocycles. The summed E-state index contributed by atoms with van der Waals surface area (Å²) in [4.78, 5) is 14.4. The molecule has 3 heterocycles. The smallest absolute Gasteiger partial charge is 0.227 e. The predicted molar refractivity (Wildman–Crippen MR) is 69.2 cm³/mol. The molecule has 3 unspecified atom stereocenters. The van der Waals surface area contributed by atoms with Gasteiger partial charge in [0, 0.05) is 38.9 Å². The Morgan fingerprint density at radius 1 is 1.28 bits per heavy atom. The number of hydrogen-bond donors (Lipinski definition) is 1. The van der Waals surface area contributed by atoms with Gasteiger partial charge in [-0.05, 0) is 38.0 Å². The van der Waals surface area contributed by atoms with E-state index in [2.05, 4.69) is 5.32 Å². The molecule has 3 saturated heterocycles. The van der Waals surface area contributed by atoms with Crippen LogP contribution in [0.4, 0.5) is 0 Å². The van der Waals surface area contributed by atoms with Crippen LogP contribution >= 0.6 is 0 Å². The second kappa shape index (κ2) is 5.17. The first-order valence-electron chi connectivity index (χ1n) is 7.33. The van der Waals surface area contributed by atoms with Crippen LogP contribution in [0.2, 0.25) is 0 Å². The molecule has 0 spiro atoms. The molecule has 3 rings (SSSR count). The van der Waals surface area contributed by atoms with Gasteiger partial charge in [0.15, 0.2) is 0 Å². The standard InChI is InChI=1S/C14H24N2O2/c1-16(9-10-4-6-18-7-5-10)14(17)12-8-11-2-3-13(12)15-11/h10-13,15H,2-9H2,1H3. The van der Waals surface area contributed by atoms with Crippen molar-refractivity contribution in [1.29, 1.82) is 0 Å². The molecule has 3 aliphatic heterocycles. The van der Waals surface area contributed by atoms with Crippen molar-refractivity contribution in [2.75, 3.05) is 26.8 Å². The number of rotatable bonds is 3. The molecule has 0 aromatic rings. The van der Waals surface area contributed by atoms with Crippen molar-refractivity contribution >= 4 is 5.91 Å². The van der Waals surface area contributed by atoms with Gasteiger partial charge < -0.3 is 15.0 Å². The Labute approximate surface area is 109 Å². The third kappa shape index (κ3) is 2.41. The fraction of sp³-hybridized carbons (Fsp3) is 0.929. The number of nitrogens with zero attached hydrogens (tertiary/aromatic N) is 1. The SMILES string of the molecule is CN(CC1CCOCC1)C(=O)C1CC2CCC1N2. The number of fused-ring (bicyclic) bond motifs is 2. The Balaban J connectivity index is 1.52. The Kier molecular flexibility index (Phi) is 3.57. The summed E-state index contributed by atoms with van der Waals surface area (Å²) < 4.78 is 5.37. The summed E-state index contributed by atoms with van der Waals surface area (Å²) in [7, 11) is 1.98. The number of hydrogen-bond acceptors (Lipinski definition) is 3. The average molecular weight is 252 g/mol. The van der Waals surface area contributed by atoms with E-state index in [0.29, 0.717) is 23.9 Å². The molecule has 4 heteroatoms. The van der Waals surface area contributed by atoms with Gasteiger partial charge in [-0.1, -0.05) is 0 Å². The Bertz CT molecular complexity index is 315. The molecule has 2 bridgehead atoms. The van der Waals surface area contributed by atoms with E-state index in [4.69, 9.17) is 4.74 Å². The highest BCUT2D eigenvalue weighted by molar-refractivity contribution is 5.80. The topological polar surface area (TPSA) is 41.6 Å². The summed E-state index contributed by atoms with van der Waals surface area (Å²) in [5.41, 5.74) is 0. The van der Waals surface area contributed by atoms with E-state index in [9.17, 15) is 4.79 Å². The summed E-state index contributed by atoms with van der Waals surface area (Å²) in [5, 5.41) is 3.55. The van der Waals surface area contributed by atoms with Crippen LogP contribution < -0.4 is 5.32 Å². The molecule has 3 aliphatic rings. The number of amides is 1. The van der Waals surface area contributed by atoms with Crippen molar-refractivity contribution in [2.45, 2.75) is 44.2 Å². The van der Waals surface area contributed by atoms with Crippen molar-refractivity contribution in [3.8, 4) is 0 Å². The molecule has 0 aliphatic carbocycles. The van der Waals surface area contributed by atoms with Gasteiger partial charge in [0.2, 0.25) is 5.91 Å². The van der Waals surface area contributed by atoms with Crippen LogP contribution in [0.1, 0.15) is 32.1 Å². The maximum atomic E-state index is 12.5. The van der Waals surface area contributed by atoms with Crippen molar-refractivity contribution in [3.63, 3.8) is 0 Å². The fourth-order valence-corrected chi connectivity index (χ4v) is 3.79. The maximum absolute atomic E-state index is 12.5. The number of nitrogens with one attached hydrogen (secondary N) is 1. The molecular formula is C14H24N2O2. The van der Waals surface area contributed by atoms with Crippen LogP contribution in [0, 0.1) is 11.8 Å². The maximum Gasteiger partial charge on any atom is 0.227 e. The zero-order chi connectivity index (χ0) is 12.5. The van der Waals surface area contributed by atoms with Crippen LogP contribution in [-0.2, 0) is 9.53 Å². The van der Waals surface area contributed by atoms with Crippen LogP contribution in [0.5, 0.6) is 0 Å². The van der Waals surface area contributed by atoms with Crippen LogP contribution in [0.15, 0.2) is 0 Å². The van der Waals surface area contributed by atoms with Gasteiger partial charge in [-0.3, -0.25) is 4.79 Å². The van der Waals surface area contributed by atoms with E-state index >= 15 is 0 Å². The first-order chi connectivity index (χ1) is 8.74. The molecule has 18 heavy (non-hydrogen) atoms. The highest BCUT2D eigenvalue weighted by Gasteiger charge is 2.43. The van der Waals surface area contributed by atoms with Gasteiger partial charge in [-0.25, -0.2) is 0 Å². The molecule has 4 nitrogen and oxygen atoms in total. The van der Waals surface area contributed by atoms with E-state index in [1.54, 1.807) is 0 Å². The summed E-state index contributed by atoms with van der Waals surface area (Å²) >= 11 is 0. The summed E-state index contributed by atoms with van der Waals surface area (Å²) in [6.45, 7) is 2.64. The van der Waals surface area contributed by atoms with Crippen molar-refractivity contribution in [1.82, 2.24) is 10.2 Å². The lowest BCUT2D eigenvalue weighted by atomic mass is 9.88. The monoisotopic (exact) mass is 252 g/mol. The highest BCUT2D eigenvalue weighted by Crippen LogP contribution is 2.34. The molecule has 0 saturated carbocycles. The number of carbonyl (C=O) groups excluding carboxylic acids is 1. The molecule has 3 fully saturated rings. The Morgan fingerprint density at radius 3 is 2.67 bits per heavy atom. The minimum atomic E-state index is 0.244. The van der Waals surface area contributed by atoms with Crippen LogP contribution in [0.25, 0.3) is 0 Å². The second-order valence-corrected chi connectivity index (χ2v) is 6.16. The van der Waals surface area contributed by atoms with Gasteiger partial charge in [0.05, 0.1) is 5.92 Å². The highest BCUT2D eigenvalue weighted by atomic mass is 16.5. The second-order valence-electron chi connectivity index (χ2n) is 6.16. The van der Waals surface area contributed by atoms with Gasteiger partial charge in [-0.2, -0.15) is 0 Å². The molecule has 1 N–H and O–H groups in total. The normalized spacial score (nSPS) is 35.9. The first kappa shape index (κ1) is 12.4. The van der Waals surface area contributed by atoms with Gasteiger partial charge in [0.1, 0.15) is 0 Å². The summed E-state index contributed by atoms with van der Waals surface area (Å²) in [5.74, 6) is 1.24. The Morgan fingerprint density at radius 2 is 2.06 bits per heavy atom. The lowest BCUT2D eigenvalue weighted by Gasteiger charge is -2.30. The molecule has 0 aromatic carbocycles. The van der Waals surface area contributed by atoms with E-state index in [-0.39, 0.29) is 5.92 Å². The average Bonchev–Trinajstić information content (AvgIpc) is 3.01. The third-order valence-electron chi connectivity index (χ3n) is 4.87. The predicted octanol–water partition coefficient (Wildman–Crippen LogP) is 1.01. The van der Waals surface area contributed by atoms with Gasteiger partial charge >= 0.3 is 0 Å².